The quantitative estimate of drug-likeness (QED) is 0.598. The number of benzene rings is 1. The Bertz CT molecular complexity index is 753. The van der Waals surface area contributed by atoms with E-state index >= 15 is 0 Å². The third kappa shape index (κ3) is 3.79. The first kappa shape index (κ1) is 17.7. The van der Waals surface area contributed by atoms with Gasteiger partial charge in [0.15, 0.2) is 0 Å². The number of amides is 1. The molecular weight excluding hydrogens is 313 g/mol. The number of aryl methyl sites for hydroxylation is 2. The number of carbonyl (C=O) groups excluding carboxylic acids is 2. The van der Waals surface area contributed by atoms with Gasteiger partial charge in [0.1, 0.15) is 18.2 Å². The van der Waals surface area contributed by atoms with E-state index in [0.717, 1.165) is 0 Å². The second kappa shape index (κ2) is 7.25. The number of nitrogens with zero attached hydrogens (tertiary/aromatic N) is 3. The summed E-state index contributed by atoms with van der Waals surface area (Å²) in [6.45, 7) is 3.88. The molecule has 2 aromatic rings. The molecule has 1 amide bonds. The second-order valence-corrected chi connectivity index (χ2v) is 5.53. The van der Waals surface area contributed by atoms with Gasteiger partial charge in [-0.25, -0.2) is 4.39 Å². The molecule has 0 N–H and O–H groups in total. The number of ether oxygens (including phenoxy) is 1. The molecule has 0 aliphatic carbocycles. The molecule has 1 heterocycles. The van der Waals surface area contributed by atoms with Crippen LogP contribution in [0.25, 0.3) is 0 Å². The summed E-state index contributed by atoms with van der Waals surface area (Å²) in [4.78, 5) is 26.0. The van der Waals surface area contributed by atoms with Gasteiger partial charge in [-0.2, -0.15) is 5.10 Å². The fraction of sp³-hybridized carbons (Fsp3) is 0.353. The first-order chi connectivity index (χ1) is 11.3. The Balaban J connectivity index is 1.94. The lowest BCUT2D eigenvalue weighted by atomic mass is 10.1. The maximum atomic E-state index is 12.8. The van der Waals surface area contributed by atoms with Crippen molar-refractivity contribution in [1.82, 2.24) is 14.7 Å². The van der Waals surface area contributed by atoms with Crippen molar-refractivity contribution in [3.05, 3.63) is 47.0 Å². The van der Waals surface area contributed by atoms with Crippen LogP contribution in [0.2, 0.25) is 0 Å². The lowest BCUT2D eigenvalue weighted by Crippen LogP contribution is -2.36. The predicted molar refractivity (Wildman–Crippen MR) is 86.5 cm³/mol. The molecule has 24 heavy (non-hydrogen) atoms. The zero-order chi connectivity index (χ0) is 17.9. The molecule has 128 valence electrons. The maximum absolute atomic E-state index is 12.8. The molecule has 0 saturated heterocycles. The normalized spacial score (nSPS) is 10.5. The summed E-state index contributed by atoms with van der Waals surface area (Å²) in [6, 6.07) is 5.60. The number of halogens is 1. The van der Waals surface area contributed by atoms with E-state index in [1.54, 1.807) is 25.6 Å². The van der Waals surface area contributed by atoms with Crippen LogP contribution in [0, 0.1) is 19.7 Å². The van der Waals surface area contributed by atoms with Crippen molar-refractivity contribution in [2.24, 2.45) is 7.05 Å². The van der Waals surface area contributed by atoms with E-state index in [1.807, 2.05) is 0 Å². The average molecular weight is 333 g/mol. The molecule has 0 fully saturated rings. The fourth-order valence-corrected chi connectivity index (χ4v) is 2.32. The van der Waals surface area contributed by atoms with E-state index in [0.29, 0.717) is 22.7 Å². The first-order valence-corrected chi connectivity index (χ1v) is 7.49. The van der Waals surface area contributed by atoms with Crippen molar-refractivity contribution in [3.63, 3.8) is 0 Å². The number of likely N-dealkylation sites (N-methyl/N-ethyl adjacent to an activating group) is 1. The standard InChI is InChI=1S/C17H20FN3O3/c1-11-15(12(2)21(4)19-11)16(22)17(23)20(3)9-10-24-14-7-5-13(18)6-8-14/h5-8H,9-10H2,1-4H3. The van der Waals surface area contributed by atoms with Gasteiger partial charge in [0.2, 0.25) is 0 Å². The van der Waals surface area contributed by atoms with Crippen LogP contribution in [0.4, 0.5) is 4.39 Å². The Hall–Kier alpha value is -2.70. The first-order valence-electron chi connectivity index (χ1n) is 7.49. The van der Waals surface area contributed by atoms with E-state index in [2.05, 4.69) is 5.10 Å². The molecular formula is C17H20FN3O3. The average Bonchev–Trinajstić information content (AvgIpc) is 2.80. The van der Waals surface area contributed by atoms with Gasteiger partial charge in [-0.15, -0.1) is 0 Å². The Labute approximate surface area is 139 Å². The summed E-state index contributed by atoms with van der Waals surface area (Å²) >= 11 is 0. The largest absolute Gasteiger partial charge is 0.492 e. The molecule has 1 aromatic carbocycles. The van der Waals surface area contributed by atoms with Crippen LogP contribution >= 0.6 is 0 Å². The maximum Gasteiger partial charge on any atom is 0.294 e. The molecule has 0 aliphatic rings. The lowest BCUT2D eigenvalue weighted by molar-refractivity contribution is -0.125. The van der Waals surface area contributed by atoms with Gasteiger partial charge in [-0.3, -0.25) is 14.3 Å². The molecule has 0 unspecified atom stereocenters. The number of carbonyl (C=O) groups is 2. The number of hydrogen-bond acceptors (Lipinski definition) is 4. The molecule has 7 heteroatoms. The van der Waals surface area contributed by atoms with Gasteiger partial charge in [0.25, 0.3) is 11.7 Å². The fourth-order valence-electron chi connectivity index (χ4n) is 2.32. The Morgan fingerprint density at radius 1 is 1.25 bits per heavy atom. The number of Topliss-reactive ketones (excluding diaryl/α,β-unsaturated/α-hetero) is 1. The monoisotopic (exact) mass is 333 g/mol. The van der Waals surface area contributed by atoms with Crippen molar-refractivity contribution in [1.29, 1.82) is 0 Å². The van der Waals surface area contributed by atoms with E-state index in [4.69, 9.17) is 4.74 Å². The van der Waals surface area contributed by atoms with Crippen molar-refractivity contribution in [3.8, 4) is 5.75 Å². The van der Waals surface area contributed by atoms with E-state index in [-0.39, 0.29) is 19.0 Å². The van der Waals surface area contributed by atoms with Crippen LogP contribution in [0.1, 0.15) is 21.7 Å². The highest BCUT2D eigenvalue weighted by atomic mass is 19.1. The highest BCUT2D eigenvalue weighted by Gasteiger charge is 2.26. The summed E-state index contributed by atoms with van der Waals surface area (Å²) in [5, 5.41) is 4.15. The lowest BCUT2D eigenvalue weighted by Gasteiger charge is -2.16. The second-order valence-electron chi connectivity index (χ2n) is 5.53. The number of hydrogen-bond donors (Lipinski definition) is 0. The van der Waals surface area contributed by atoms with Gasteiger partial charge in [-0.1, -0.05) is 0 Å². The minimum Gasteiger partial charge on any atom is -0.492 e. The van der Waals surface area contributed by atoms with E-state index in [1.165, 1.54) is 36.2 Å². The molecule has 0 radical (unpaired) electrons. The van der Waals surface area contributed by atoms with Gasteiger partial charge in [0, 0.05) is 19.8 Å². The topological polar surface area (TPSA) is 64.4 Å². The molecule has 0 spiro atoms. The van der Waals surface area contributed by atoms with Crippen LogP contribution in [0.5, 0.6) is 5.75 Å². The third-order valence-electron chi connectivity index (χ3n) is 3.79. The molecule has 0 atom stereocenters. The van der Waals surface area contributed by atoms with Gasteiger partial charge in [-0.05, 0) is 38.1 Å². The van der Waals surface area contributed by atoms with Crippen LogP contribution in [0.15, 0.2) is 24.3 Å². The highest BCUT2D eigenvalue weighted by molar-refractivity contribution is 6.43. The van der Waals surface area contributed by atoms with E-state index in [9.17, 15) is 14.0 Å². The van der Waals surface area contributed by atoms with Crippen LogP contribution < -0.4 is 4.74 Å². The molecule has 0 aliphatic heterocycles. The van der Waals surface area contributed by atoms with Crippen LogP contribution in [0.3, 0.4) is 0 Å². The molecule has 1 aromatic heterocycles. The van der Waals surface area contributed by atoms with Gasteiger partial charge >= 0.3 is 0 Å². The number of ketones is 1. The zero-order valence-electron chi connectivity index (χ0n) is 14.2. The van der Waals surface area contributed by atoms with Crippen molar-refractivity contribution >= 4 is 11.7 Å². The summed E-state index contributed by atoms with van der Waals surface area (Å²) in [6.07, 6.45) is 0. The minimum absolute atomic E-state index is 0.201. The summed E-state index contributed by atoms with van der Waals surface area (Å²) in [5.74, 6) is -1.04. The Morgan fingerprint density at radius 3 is 2.42 bits per heavy atom. The summed E-state index contributed by atoms with van der Waals surface area (Å²) in [5.41, 5.74) is 1.53. The smallest absolute Gasteiger partial charge is 0.294 e. The SMILES string of the molecule is Cc1nn(C)c(C)c1C(=O)C(=O)N(C)CCOc1ccc(F)cc1. The minimum atomic E-state index is -0.614. The predicted octanol–water partition coefficient (Wildman–Crippen LogP) is 1.90. The van der Waals surface area contributed by atoms with Gasteiger partial charge < -0.3 is 9.64 Å². The zero-order valence-corrected chi connectivity index (χ0v) is 14.2. The third-order valence-corrected chi connectivity index (χ3v) is 3.79. The van der Waals surface area contributed by atoms with Gasteiger partial charge in [0.05, 0.1) is 17.8 Å². The van der Waals surface area contributed by atoms with E-state index < -0.39 is 11.7 Å². The summed E-state index contributed by atoms with van der Waals surface area (Å²) < 4.78 is 19.8. The molecule has 0 bridgehead atoms. The number of aromatic nitrogens is 2. The Morgan fingerprint density at radius 2 is 1.88 bits per heavy atom. The molecule has 0 saturated carbocycles. The number of rotatable bonds is 6. The van der Waals surface area contributed by atoms with Crippen LogP contribution in [-0.4, -0.2) is 46.6 Å². The Kier molecular flexibility index (Phi) is 5.33. The van der Waals surface area contributed by atoms with Crippen molar-refractivity contribution in [2.75, 3.05) is 20.2 Å². The van der Waals surface area contributed by atoms with Crippen LogP contribution in [-0.2, 0) is 11.8 Å². The van der Waals surface area contributed by atoms with Crippen molar-refractivity contribution in [2.45, 2.75) is 13.8 Å². The molecule has 2 rings (SSSR count). The van der Waals surface area contributed by atoms with Crippen molar-refractivity contribution < 1.29 is 18.7 Å². The highest BCUT2D eigenvalue weighted by Crippen LogP contribution is 2.14. The summed E-state index contributed by atoms with van der Waals surface area (Å²) in [7, 11) is 3.26. The molecule has 6 nitrogen and oxygen atoms in total.